The van der Waals surface area contributed by atoms with Crippen LogP contribution in [-0.2, 0) is 0 Å². The van der Waals surface area contributed by atoms with E-state index in [2.05, 4.69) is 45.4 Å². The van der Waals surface area contributed by atoms with Gasteiger partial charge >= 0.3 is 0 Å². The number of aromatic nitrogens is 2. The van der Waals surface area contributed by atoms with Crippen LogP contribution in [0, 0.1) is 0 Å². The quantitative estimate of drug-likeness (QED) is 0.655. The zero-order valence-corrected chi connectivity index (χ0v) is 12.6. The average molecular weight is 286 g/mol. The van der Waals surface area contributed by atoms with E-state index in [1.807, 2.05) is 18.2 Å². The number of likely N-dealkylation sites (N-methyl/N-ethyl adjacent to an activating group) is 1. The number of anilines is 2. The summed E-state index contributed by atoms with van der Waals surface area (Å²) in [5, 5.41) is 1.09. The molecule has 0 saturated carbocycles. The number of hydrogen-bond acceptors (Lipinski definition) is 6. The van der Waals surface area contributed by atoms with Gasteiger partial charge in [0.2, 0.25) is 5.95 Å². The molecule has 1 fully saturated rings. The summed E-state index contributed by atoms with van der Waals surface area (Å²) in [4.78, 5) is 13.7. The van der Waals surface area contributed by atoms with Crippen LogP contribution in [-0.4, -0.2) is 48.1 Å². The lowest BCUT2D eigenvalue weighted by atomic mass is 10.2. The van der Waals surface area contributed by atoms with Gasteiger partial charge in [-0.3, -0.25) is 5.43 Å². The van der Waals surface area contributed by atoms with E-state index in [-0.39, 0.29) is 0 Å². The van der Waals surface area contributed by atoms with Gasteiger partial charge in [0, 0.05) is 24.5 Å². The lowest BCUT2D eigenvalue weighted by Gasteiger charge is -2.29. The molecular weight excluding hydrogens is 264 g/mol. The summed E-state index contributed by atoms with van der Waals surface area (Å²) in [5.74, 6) is 6.98. The van der Waals surface area contributed by atoms with Crippen LogP contribution in [0.15, 0.2) is 24.3 Å². The molecule has 1 aromatic carbocycles. The molecule has 0 aliphatic carbocycles. The van der Waals surface area contributed by atoms with E-state index in [0.29, 0.717) is 12.0 Å². The van der Waals surface area contributed by atoms with Gasteiger partial charge in [-0.05, 0) is 39.1 Å². The molecule has 3 N–H and O–H groups in total. The average Bonchev–Trinajstić information content (AvgIpc) is 2.93. The third-order valence-electron chi connectivity index (χ3n) is 3.94. The molecule has 6 nitrogen and oxygen atoms in total. The smallest absolute Gasteiger partial charge is 0.239 e. The molecule has 3 rings (SSSR count). The standard InChI is InChI=1S/C15H22N6/c1-20(2)10-11-6-5-9-21(11)14-12-7-3-4-8-13(12)17-15(18-14)19-16/h3-4,7-8,11H,5-6,9-10,16H2,1-2H3,(H,17,18,19). The first kappa shape index (κ1) is 14.0. The number of nitrogens with zero attached hydrogens (tertiary/aromatic N) is 4. The number of nitrogen functional groups attached to an aromatic ring is 1. The van der Waals surface area contributed by atoms with Crippen LogP contribution >= 0.6 is 0 Å². The van der Waals surface area contributed by atoms with Crippen molar-refractivity contribution >= 4 is 22.7 Å². The maximum Gasteiger partial charge on any atom is 0.239 e. The number of hydrogen-bond donors (Lipinski definition) is 2. The van der Waals surface area contributed by atoms with E-state index in [4.69, 9.17) is 5.84 Å². The fourth-order valence-corrected chi connectivity index (χ4v) is 3.07. The van der Waals surface area contributed by atoms with E-state index < -0.39 is 0 Å². The fraction of sp³-hybridized carbons (Fsp3) is 0.467. The Hall–Kier alpha value is -1.92. The Kier molecular flexibility index (Phi) is 3.90. The SMILES string of the molecule is CN(C)CC1CCCN1c1nc(NN)nc2ccccc12. The van der Waals surface area contributed by atoms with Gasteiger partial charge in [0.1, 0.15) is 5.82 Å². The zero-order chi connectivity index (χ0) is 14.8. The number of benzene rings is 1. The largest absolute Gasteiger partial charge is 0.352 e. The summed E-state index contributed by atoms with van der Waals surface area (Å²) in [6.45, 7) is 2.06. The first-order valence-corrected chi connectivity index (χ1v) is 7.34. The highest BCUT2D eigenvalue weighted by Gasteiger charge is 2.27. The normalized spacial score (nSPS) is 18.7. The Labute approximate surface area is 124 Å². The number of nitrogens with one attached hydrogen (secondary N) is 1. The lowest BCUT2D eigenvalue weighted by molar-refractivity contribution is 0.372. The monoisotopic (exact) mass is 286 g/mol. The zero-order valence-electron chi connectivity index (χ0n) is 12.6. The van der Waals surface area contributed by atoms with Crippen LogP contribution in [0.1, 0.15) is 12.8 Å². The Morgan fingerprint density at radius 2 is 2.14 bits per heavy atom. The summed E-state index contributed by atoms with van der Waals surface area (Å²) >= 11 is 0. The van der Waals surface area contributed by atoms with Gasteiger partial charge in [-0.15, -0.1) is 0 Å². The number of fused-ring (bicyclic) bond motifs is 1. The van der Waals surface area contributed by atoms with Crippen molar-refractivity contribution in [2.75, 3.05) is 37.5 Å². The third-order valence-corrected chi connectivity index (χ3v) is 3.94. The summed E-state index contributed by atoms with van der Waals surface area (Å²) in [6.07, 6.45) is 2.39. The first-order valence-electron chi connectivity index (χ1n) is 7.34. The van der Waals surface area contributed by atoms with Gasteiger partial charge in [-0.1, -0.05) is 12.1 Å². The number of rotatable bonds is 4. The summed E-state index contributed by atoms with van der Waals surface area (Å²) in [6, 6.07) is 8.58. The van der Waals surface area contributed by atoms with E-state index in [0.717, 1.165) is 29.8 Å². The second kappa shape index (κ2) is 5.83. The van der Waals surface area contributed by atoms with Gasteiger partial charge in [-0.2, -0.15) is 4.98 Å². The molecular formula is C15H22N6. The molecule has 0 amide bonds. The maximum atomic E-state index is 5.52. The highest BCUT2D eigenvalue weighted by molar-refractivity contribution is 5.90. The van der Waals surface area contributed by atoms with Gasteiger partial charge in [-0.25, -0.2) is 10.8 Å². The minimum atomic E-state index is 0.471. The maximum absolute atomic E-state index is 5.52. The molecule has 1 aliphatic heterocycles. The highest BCUT2D eigenvalue weighted by Crippen LogP contribution is 2.31. The second-order valence-corrected chi connectivity index (χ2v) is 5.78. The molecule has 0 radical (unpaired) electrons. The predicted octanol–water partition coefficient (Wildman–Crippen LogP) is 1.45. The summed E-state index contributed by atoms with van der Waals surface area (Å²) in [5.41, 5.74) is 3.50. The van der Waals surface area contributed by atoms with E-state index >= 15 is 0 Å². The molecule has 2 aromatic rings. The first-order chi connectivity index (χ1) is 10.2. The van der Waals surface area contributed by atoms with Gasteiger partial charge < -0.3 is 9.80 Å². The molecule has 1 unspecified atom stereocenters. The van der Waals surface area contributed by atoms with E-state index in [1.54, 1.807) is 0 Å². The Morgan fingerprint density at radius 3 is 2.90 bits per heavy atom. The molecule has 1 aromatic heterocycles. The van der Waals surface area contributed by atoms with E-state index in [1.165, 1.54) is 12.8 Å². The molecule has 1 aliphatic rings. The van der Waals surface area contributed by atoms with Crippen LogP contribution in [0.2, 0.25) is 0 Å². The summed E-state index contributed by atoms with van der Waals surface area (Å²) < 4.78 is 0. The van der Waals surface area contributed by atoms with Crippen LogP contribution in [0.5, 0.6) is 0 Å². The minimum absolute atomic E-state index is 0.471. The van der Waals surface area contributed by atoms with Gasteiger partial charge in [0.25, 0.3) is 0 Å². The highest BCUT2D eigenvalue weighted by atomic mass is 15.3. The van der Waals surface area contributed by atoms with Gasteiger partial charge in [0.15, 0.2) is 0 Å². The molecule has 1 saturated heterocycles. The molecule has 0 bridgehead atoms. The van der Waals surface area contributed by atoms with Crippen molar-refractivity contribution in [1.29, 1.82) is 0 Å². The topological polar surface area (TPSA) is 70.3 Å². The van der Waals surface area contributed by atoms with Crippen molar-refractivity contribution < 1.29 is 0 Å². The molecule has 6 heteroatoms. The molecule has 0 spiro atoms. The molecule has 1 atom stereocenters. The van der Waals surface area contributed by atoms with Crippen molar-refractivity contribution in [2.24, 2.45) is 5.84 Å². The second-order valence-electron chi connectivity index (χ2n) is 5.78. The Balaban J connectivity index is 2.05. The Morgan fingerprint density at radius 1 is 1.33 bits per heavy atom. The Bertz CT molecular complexity index is 627. The van der Waals surface area contributed by atoms with Gasteiger partial charge in [0.05, 0.1) is 5.52 Å². The third kappa shape index (κ3) is 2.77. The number of para-hydroxylation sites is 1. The van der Waals surface area contributed by atoms with Crippen molar-refractivity contribution in [3.05, 3.63) is 24.3 Å². The van der Waals surface area contributed by atoms with Crippen molar-refractivity contribution in [2.45, 2.75) is 18.9 Å². The molecule has 112 valence electrons. The van der Waals surface area contributed by atoms with Crippen LogP contribution < -0.4 is 16.2 Å². The predicted molar refractivity (Wildman–Crippen MR) is 86.3 cm³/mol. The van der Waals surface area contributed by atoms with Crippen LogP contribution in [0.25, 0.3) is 10.9 Å². The fourth-order valence-electron chi connectivity index (χ4n) is 3.07. The van der Waals surface area contributed by atoms with E-state index in [9.17, 15) is 0 Å². The van der Waals surface area contributed by atoms with Crippen molar-refractivity contribution in [3.8, 4) is 0 Å². The molecule has 2 heterocycles. The lowest BCUT2D eigenvalue weighted by Crippen LogP contribution is -2.38. The molecule has 21 heavy (non-hydrogen) atoms. The van der Waals surface area contributed by atoms with Crippen LogP contribution in [0.3, 0.4) is 0 Å². The minimum Gasteiger partial charge on any atom is -0.352 e. The summed E-state index contributed by atoms with van der Waals surface area (Å²) in [7, 11) is 4.23. The van der Waals surface area contributed by atoms with Crippen LogP contribution in [0.4, 0.5) is 11.8 Å². The van der Waals surface area contributed by atoms with Crippen molar-refractivity contribution in [3.63, 3.8) is 0 Å². The number of hydrazine groups is 1. The van der Waals surface area contributed by atoms with Crippen molar-refractivity contribution in [1.82, 2.24) is 14.9 Å². The number of nitrogens with two attached hydrogens (primary N) is 1.